The topological polar surface area (TPSA) is 30.5 Å². The van der Waals surface area contributed by atoms with Crippen molar-refractivity contribution in [3.8, 4) is 0 Å². The van der Waals surface area contributed by atoms with Gasteiger partial charge in [0, 0.05) is 32.4 Å². The molecule has 1 aliphatic heterocycles. The molecule has 0 bridgehead atoms. The van der Waals surface area contributed by atoms with Crippen LogP contribution in [0.3, 0.4) is 0 Å². The third-order valence-electron chi connectivity index (χ3n) is 3.10. The van der Waals surface area contributed by atoms with Crippen molar-refractivity contribution in [1.82, 2.24) is 5.32 Å². The zero-order valence-electron chi connectivity index (χ0n) is 10.3. The number of hydrogen-bond donors (Lipinski definition) is 1. The van der Waals surface area contributed by atoms with Crippen molar-refractivity contribution >= 4 is 0 Å². The van der Waals surface area contributed by atoms with E-state index in [0.717, 1.165) is 38.9 Å². The molecule has 0 aromatic heterocycles. The van der Waals surface area contributed by atoms with Crippen molar-refractivity contribution in [1.29, 1.82) is 0 Å². The molecule has 0 aromatic carbocycles. The van der Waals surface area contributed by atoms with Crippen LogP contribution in [0.2, 0.25) is 0 Å². The summed E-state index contributed by atoms with van der Waals surface area (Å²) < 4.78 is 10.7. The molecular weight excluding hydrogens is 190 g/mol. The Hall–Kier alpha value is -0.120. The van der Waals surface area contributed by atoms with Crippen LogP contribution in [0.5, 0.6) is 0 Å². The van der Waals surface area contributed by atoms with Crippen LogP contribution in [0.15, 0.2) is 0 Å². The molecule has 0 amide bonds. The van der Waals surface area contributed by atoms with Crippen molar-refractivity contribution in [3.05, 3.63) is 0 Å². The molecule has 0 aromatic rings. The Morgan fingerprint density at radius 3 is 3.00 bits per heavy atom. The number of hydrogen-bond acceptors (Lipinski definition) is 3. The Balaban J connectivity index is 2.19. The van der Waals surface area contributed by atoms with Gasteiger partial charge >= 0.3 is 0 Å². The second kappa shape index (κ2) is 7.20. The molecule has 0 spiro atoms. The summed E-state index contributed by atoms with van der Waals surface area (Å²) in [6.07, 6.45) is 4.99. The molecule has 3 atom stereocenters. The third-order valence-corrected chi connectivity index (χ3v) is 3.10. The smallest absolute Gasteiger partial charge is 0.0587 e. The van der Waals surface area contributed by atoms with Crippen LogP contribution >= 0.6 is 0 Å². The average Bonchev–Trinajstić information content (AvgIpc) is 2.26. The van der Waals surface area contributed by atoms with Crippen LogP contribution < -0.4 is 5.32 Å². The zero-order chi connectivity index (χ0) is 11.1. The zero-order valence-corrected chi connectivity index (χ0v) is 10.3. The van der Waals surface area contributed by atoms with Crippen molar-refractivity contribution in [2.24, 2.45) is 0 Å². The van der Waals surface area contributed by atoms with Gasteiger partial charge in [-0.3, -0.25) is 0 Å². The summed E-state index contributed by atoms with van der Waals surface area (Å²) >= 11 is 0. The Morgan fingerprint density at radius 1 is 1.53 bits per heavy atom. The van der Waals surface area contributed by atoms with E-state index in [9.17, 15) is 0 Å². The van der Waals surface area contributed by atoms with Crippen molar-refractivity contribution < 1.29 is 9.47 Å². The molecule has 3 unspecified atom stereocenters. The molecule has 1 rings (SSSR count). The summed E-state index contributed by atoms with van der Waals surface area (Å²) in [5.41, 5.74) is 0. The Kier molecular flexibility index (Phi) is 6.22. The number of ether oxygens (including phenoxy) is 2. The maximum atomic E-state index is 5.66. The fourth-order valence-corrected chi connectivity index (χ4v) is 2.10. The van der Waals surface area contributed by atoms with Gasteiger partial charge in [0.05, 0.1) is 6.10 Å². The van der Waals surface area contributed by atoms with Gasteiger partial charge in [0.15, 0.2) is 0 Å². The van der Waals surface area contributed by atoms with Crippen LogP contribution in [0.1, 0.15) is 39.5 Å². The minimum absolute atomic E-state index is 0.464. The van der Waals surface area contributed by atoms with E-state index in [1.54, 1.807) is 7.11 Å². The molecule has 0 aliphatic carbocycles. The predicted octanol–water partition coefficient (Wildman–Crippen LogP) is 1.96. The first-order valence-electron chi connectivity index (χ1n) is 6.12. The van der Waals surface area contributed by atoms with E-state index in [-0.39, 0.29) is 0 Å². The van der Waals surface area contributed by atoms with Gasteiger partial charge in [-0.05, 0) is 32.6 Å². The van der Waals surface area contributed by atoms with Crippen LogP contribution in [-0.2, 0) is 9.47 Å². The van der Waals surface area contributed by atoms with Gasteiger partial charge in [0.25, 0.3) is 0 Å². The Labute approximate surface area is 93.5 Å². The molecule has 90 valence electrons. The summed E-state index contributed by atoms with van der Waals surface area (Å²) in [4.78, 5) is 0. The molecule has 3 heteroatoms. The first-order valence-corrected chi connectivity index (χ1v) is 6.12. The third kappa shape index (κ3) is 4.96. The first kappa shape index (κ1) is 12.9. The summed E-state index contributed by atoms with van der Waals surface area (Å²) in [5, 5.41) is 3.66. The van der Waals surface area contributed by atoms with Gasteiger partial charge in [-0.2, -0.15) is 0 Å². The van der Waals surface area contributed by atoms with Crippen LogP contribution in [-0.4, -0.2) is 38.5 Å². The lowest BCUT2D eigenvalue weighted by molar-refractivity contribution is -0.00215. The van der Waals surface area contributed by atoms with Gasteiger partial charge in [-0.15, -0.1) is 0 Å². The lowest BCUT2D eigenvalue weighted by Crippen LogP contribution is -2.43. The van der Waals surface area contributed by atoms with Crippen molar-refractivity contribution in [3.63, 3.8) is 0 Å². The maximum Gasteiger partial charge on any atom is 0.0587 e. The monoisotopic (exact) mass is 215 g/mol. The van der Waals surface area contributed by atoms with Crippen molar-refractivity contribution in [2.45, 2.75) is 57.7 Å². The molecule has 1 N–H and O–H groups in total. The first-order chi connectivity index (χ1) is 7.26. The van der Waals surface area contributed by atoms with E-state index < -0.39 is 0 Å². The average molecular weight is 215 g/mol. The molecule has 15 heavy (non-hydrogen) atoms. The van der Waals surface area contributed by atoms with E-state index in [4.69, 9.17) is 9.47 Å². The Morgan fingerprint density at radius 2 is 2.33 bits per heavy atom. The molecule has 1 heterocycles. The normalized spacial score (nSPS) is 29.0. The lowest BCUT2D eigenvalue weighted by atomic mass is 10.0. The number of nitrogens with one attached hydrogen (secondary N) is 1. The highest BCUT2D eigenvalue weighted by Gasteiger charge is 2.21. The lowest BCUT2D eigenvalue weighted by Gasteiger charge is -2.31. The minimum Gasteiger partial charge on any atom is -0.385 e. The fraction of sp³-hybridized carbons (Fsp3) is 1.00. The molecule has 1 saturated heterocycles. The van der Waals surface area contributed by atoms with Crippen LogP contribution in [0, 0.1) is 0 Å². The molecule has 0 radical (unpaired) electrons. The van der Waals surface area contributed by atoms with E-state index in [2.05, 4.69) is 19.2 Å². The minimum atomic E-state index is 0.464. The molecule has 1 aliphatic rings. The Bertz CT molecular complexity index is 164. The number of methoxy groups -OCH3 is 1. The standard InChI is InChI=1S/C12H25NO2/c1-4-12-9-11(6-8-15-12)13-10(2)5-7-14-3/h10-13H,4-9H2,1-3H3. The number of rotatable bonds is 6. The molecule has 1 fully saturated rings. The van der Waals surface area contributed by atoms with Gasteiger partial charge in [-0.1, -0.05) is 6.92 Å². The van der Waals surface area contributed by atoms with Gasteiger partial charge in [0.2, 0.25) is 0 Å². The predicted molar refractivity (Wildman–Crippen MR) is 62.1 cm³/mol. The summed E-state index contributed by atoms with van der Waals surface area (Å²) in [7, 11) is 1.76. The van der Waals surface area contributed by atoms with Gasteiger partial charge < -0.3 is 14.8 Å². The maximum absolute atomic E-state index is 5.66. The molecular formula is C12H25NO2. The highest BCUT2D eigenvalue weighted by Crippen LogP contribution is 2.16. The fourth-order valence-electron chi connectivity index (χ4n) is 2.10. The second-order valence-corrected chi connectivity index (χ2v) is 4.47. The summed E-state index contributed by atoms with van der Waals surface area (Å²) in [5.74, 6) is 0. The van der Waals surface area contributed by atoms with Gasteiger partial charge in [0.1, 0.15) is 0 Å². The highest BCUT2D eigenvalue weighted by atomic mass is 16.5. The van der Waals surface area contributed by atoms with E-state index >= 15 is 0 Å². The van der Waals surface area contributed by atoms with Crippen molar-refractivity contribution in [2.75, 3.05) is 20.3 Å². The highest BCUT2D eigenvalue weighted by molar-refractivity contribution is 4.78. The van der Waals surface area contributed by atoms with Crippen LogP contribution in [0.4, 0.5) is 0 Å². The van der Waals surface area contributed by atoms with Crippen LogP contribution in [0.25, 0.3) is 0 Å². The second-order valence-electron chi connectivity index (χ2n) is 4.47. The quantitative estimate of drug-likeness (QED) is 0.734. The SMILES string of the molecule is CCC1CC(NC(C)CCOC)CCO1. The summed E-state index contributed by atoms with van der Waals surface area (Å²) in [6, 6.07) is 1.18. The van der Waals surface area contributed by atoms with E-state index in [1.807, 2.05) is 0 Å². The molecule has 0 saturated carbocycles. The van der Waals surface area contributed by atoms with Gasteiger partial charge in [-0.25, -0.2) is 0 Å². The molecule has 3 nitrogen and oxygen atoms in total. The van der Waals surface area contributed by atoms with E-state index in [1.165, 1.54) is 0 Å². The van der Waals surface area contributed by atoms with E-state index in [0.29, 0.717) is 18.2 Å². The largest absolute Gasteiger partial charge is 0.385 e. The summed E-state index contributed by atoms with van der Waals surface area (Å²) in [6.45, 7) is 6.18.